The number of ether oxygens (including phenoxy) is 1. The summed E-state index contributed by atoms with van der Waals surface area (Å²) in [5.41, 5.74) is 4.90. The van der Waals surface area contributed by atoms with E-state index >= 15 is 0 Å². The SMILES string of the molecule is O=C(NCCc1ccc(Cl)cc1)C1=NNc2ccc(CN3CCOCC3)cc2S1(=O)=O. The van der Waals surface area contributed by atoms with Crippen molar-refractivity contribution in [3.63, 3.8) is 0 Å². The zero-order chi connectivity index (χ0) is 21.8. The number of anilines is 1. The van der Waals surface area contributed by atoms with Gasteiger partial charge in [0.1, 0.15) is 0 Å². The number of hydrogen-bond donors (Lipinski definition) is 2. The standard InChI is InChI=1S/C21H23ClN4O4S/c22-17-4-1-15(2-5-17)7-8-23-20(27)21-25-24-18-6-3-16(13-19(18)31(21,28)29)14-26-9-11-30-12-10-26/h1-6,13,24H,7-12,14H2,(H,23,27). The maximum absolute atomic E-state index is 13.1. The summed E-state index contributed by atoms with van der Waals surface area (Å²) in [4.78, 5) is 14.8. The van der Waals surface area contributed by atoms with Gasteiger partial charge in [0, 0.05) is 31.2 Å². The third kappa shape index (κ3) is 5.07. The van der Waals surface area contributed by atoms with Gasteiger partial charge in [-0.3, -0.25) is 15.1 Å². The van der Waals surface area contributed by atoms with E-state index in [9.17, 15) is 13.2 Å². The number of carbonyl (C=O) groups excluding carboxylic acids is 1. The van der Waals surface area contributed by atoms with Crippen LogP contribution in [0.5, 0.6) is 0 Å². The van der Waals surface area contributed by atoms with Crippen LogP contribution in [0.2, 0.25) is 5.02 Å². The Morgan fingerprint density at radius 3 is 2.58 bits per heavy atom. The second-order valence-electron chi connectivity index (χ2n) is 7.38. The number of benzene rings is 2. The van der Waals surface area contributed by atoms with Crippen LogP contribution in [-0.2, 0) is 32.3 Å². The minimum absolute atomic E-state index is 0.0658. The van der Waals surface area contributed by atoms with Crippen molar-refractivity contribution in [3.05, 3.63) is 58.6 Å². The maximum Gasteiger partial charge on any atom is 0.283 e. The van der Waals surface area contributed by atoms with E-state index in [4.69, 9.17) is 16.3 Å². The normalized spacial score (nSPS) is 17.9. The van der Waals surface area contributed by atoms with E-state index in [0.717, 1.165) is 24.2 Å². The number of nitrogens with zero attached hydrogens (tertiary/aromatic N) is 2. The Labute approximate surface area is 186 Å². The summed E-state index contributed by atoms with van der Waals surface area (Å²) in [6.45, 7) is 3.82. The van der Waals surface area contributed by atoms with Crippen LogP contribution in [0.1, 0.15) is 11.1 Å². The lowest BCUT2D eigenvalue weighted by atomic mass is 10.1. The number of hydrazone groups is 1. The molecule has 0 unspecified atom stereocenters. The molecule has 0 aliphatic carbocycles. The Balaban J connectivity index is 1.43. The number of sulfone groups is 1. The van der Waals surface area contributed by atoms with Gasteiger partial charge in [0.2, 0.25) is 14.9 Å². The average molecular weight is 463 g/mol. The highest BCUT2D eigenvalue weighted by atomic mass is 35.5. The third-order valence-electron chi connectivity index (χ3n) is 5.18. The molecule has 2 aromatic rings. The van der Waals surface area contributed by atoms with E-state index < -0.39 is 20.8 Å². The molecule has 0 saturated carbocycles. The Morgan fingerprint density at radius 1 is 1.13 bits per heavy atom. The van der Waals surface area contributed by atoms with Crippen molar-refractivity contribution in [2.24, 2.45) is 5.10 Å². The van der Waals surface area contributed by atoms with Crippen molar-refractivity contribution in [1.29, 1.82) is 0 Å². The minimum Gasteiger partial charge on any atom is -0.379 e. The lowest BCUT2D eigenvalue weighted by Crippen LogP contribution is -2.39. The summed E-state index contributed by atoms with van der Waals surface area (Å²) in [5, 5.41) is 6.57. The van der Waals surface area contributed by atoms with Crippen LogP contribution < -0.4 is 10.7 Å². The zero-order valence-corrected chi connectivity index (χ0v) is 18.4. The Morgan fingerprint density at radius 2 is 1.84 bits per heavy atom. The topological polar surface area (TPSA) is 100 Å². The van der Waals surface area contributed by atoms with E-state index in [1.807, 2.05) is 18.2 Å². The molecule has 2 N–H and O–H groups in total. The van der Waals surface area contributed by atoms with Crippen LogP contribution in [0.15, 0.2) is 52.5 Å². The predicted octanol–water partition coefficient (Wildman–Crippen LogP) is 2.04. The highest BCUT2D eigenvalue weighted by Crippen LogP contribution is 2.29. The maximum atomic E-state index is 13.1. The Kier molecular flexibility index (Phi) is 6.57. The van der Waals surface area contributed by atoms with Crippen molar-refractivity contribution in [1.82, 2.24) is 10.2 Å². The van der Waals surface area contributed by atoms with Crippen LogP contribution >= 0.6 is 11.6 Å². The number of hydrogen-bond acceptors (Lipinski definition) is 7. The van der Waals surface area contributed by atoms with Gasteiger partial charge < -0.3 is 10.1 Å². The van der Waals surface area contributed by atoms with Gasteiger partial charge in [-0.15, -0.1) is 0 Å². The average Bonchev–Trinajstić information content (AvgIpc) is 2.76. The predicted molar refractivity (Wildman–Crippen MR) is 119 cm³/mol. The smallest absolute Gasteiger partial charge is 0.283 e. The highest BCUT2D eigenvalue weighted by Gasteiger charge is 2.34. The number of carbonyl (C=O) groups is 1. The van der Waals surface area contributed by atoms with Gasteiger partial charge in [-0.1, -0.05) is 29.8 Å². The lowest BCUT2D eigenvalue weighted by molar-refractivity contribution is -0.114. The summed E-state index contributed by atoms with van der Waals surface area (Å²) in [6, 6.07) is 12.4. The Hall–Kier alpha value is -2.46. The molecule has 4 rings (SSSR count). The number of amides is 1. The second kappa shape index (κ2) is 9.35. The van der Waals surface area contributed by atoms with Crippen molar-refractivity contribution in [2.75, 3.05) is 38.3 Å². The van der Waals surface area contributed by atoms with Crippen molar-refractivity contribution in [3.8, 4) is 0 Å². The monoisotopic (exact) mass is 462 g/mol. The van der Waals surface area contributed by atoms with Crippen LogP contribution in [0.4, 0.5) is 5.69 Å². The van der Waals surface area contributed by atoms with E-state index in [1.54, 1.807) is 24.3 Å². The zero-order valence-electron chi connectivity index (χ0n) is 16.8. The number of rotatable bonds is 6. The first-order valence-electron chi connectivity index (χ1n) is 9.98. The quantitative estimate of drug-likeness (QED) is 0.681. The highest BCUT2D eigenvalue weighted by molar-refractivity contribution is 8.08. The number of nitrogens with one attached hydrogen (secondary N) is 2. The molecule has 1 fully saturated rings. The molecule has 10 heteroatoms. The molecule has 2 aromatic carbocycles. The molecule has 0 radical (unpaired) electrons. The van der Waals surface area contributed by atoms with Crippen molar-refractivity contribution >= 4 is 38.1 Å². The van der Waals surface area contributed by atoms with Crippen LogP contribution in [0.3, 0.4) is 0 Å². The van der Waals surface area contributed by atoms with Crippen molar-refractivity contribution < 1.29 is 17.9 Å². The second-order valence-corrected chi connectivity index (χ2v) is 9.65. The lowest BCUT2D eigenvalue weighted by Gasteiger charge is -2.27. The molecule has 31 heavy (non-hydrogen) atoms. The molecule has 2 heterocycles. The molecular formula is C21H23ClN4O4S. The number of halogens is 1. The van der Waals surface area contributed by atoms with Crippen LogP contribution in [-0.4, -0.2) is 57.1 Å². The molecule has 1 amide bonds. The molecule has 2 aliphatic rings. The molecule has 0 spiro atoms. The summed E-state index contributed by atoms with van der Waals surface area (Å²) >= 11 is 5.87. The minimum atomic E-state index is -4.03. The van der Waals surface area contributed by atoms with E-state index in [-0.39, 0.29) is 11.4 Å². The van der Waals surface area contributed by atoms with E-state index in [2.05, 4.69) is 20.7 Å². The molecular weight excluding hydrogens is 440 g/mol. The fraction of sp³-hybridized carbons (Fsp3) is 0.333. The van der Waals surface area contributed by atoms with Gasteiger partial charge in [0.05, 0.1) is 23.8 Å². The van der Waals surface area contributed by atoms with Crippen molar-refractivity contribution in [2.45, 2.75) is 17.9 Å². The molecule has 0 aromatic heterocycles. The molecule has 0 atom stereocenters. The molecule has 0 bridgehead atoms. The van der Waals surface area contributed by atoms with Gasteiger partial charge >= 0.3 is 0 Å². The fourth-order valence-electron chi connectivity index (χ4n) is 3.49. The first-order valence-corrected chi connectivity index (χ1v) is 11.8. The summed E-state index contributed by atoms with van der Waals surface area (Å²) in [6.07, 6.45) is 0.546. The van der Waals surface area contributed by atoms with Crippen LogP contribution in [0, 0.1) is 0 Å². The fourth-order valence-corrected chi connectivity index (χ4v) is 5.02. The van der Waals surface area contributed by atoms with Gasteiger partial charge in [-0.2, -0.15) is 5.10 Å². The number of fused-ring (bicyclic) bond motifs is 1. The Bertz CT molecular complexity index is 1100. The first kappa shape index (κ1) is 21.8. The van der Waals surface area contributed by atoms with Gasteiger partial charge in [0.15, 0.2) is 0 Å². The van der Waals surface area contributed by atoms with Crippen LogP contribution in [0.25, 0.3) is 0 Å². The summed E-state index contributed by atoms with van der Waals surface area (Å²) in [5.74, 6) is -0.731. The van der Waals surface area contributed by atoms with Gasteiger partial charge in [-0.05, 0) is 41.8 Å². The first-order chi connectivity index (χ1) is 14.9. The largest absolute Gasteiger partial charge is 0.379 e. The van der Waals surface area contributed by atoms with Gasteiger partial charge in [0.25, 0.3) is 5.91 Å². The third-order valence-corrected chi connectivity index (χ3v) is 7.14. The molecule has 1 saturated heterocycles. The molecule has 2 aliphatic heterocycles. The summed E-state index contributed by atoms with van der Waals surface area (Å²) in [7, 11) is -4.03. The summed E-state index contributed by atoms with van der Waals surface area (Å²) < 4.78 is 31.5. The molecule has 8 nitrogen and oxygen atoms in total. The van der Waals surface area contributed by atoms with E-state index in [1.165, 1.54) is 0 Å². The van der Waals surface area contributed by atoms with E-state index in [0.29, 0.717) is 36.9 Å². The number of morpholine rings is 1. The van der Waals surface area contributed by atoms with Gasteiger partial charge in [-0.25, -0.2) is 8.42 Å². The molecule has 164 valence electrons.